The number of allylic oxidation sites excluding steroid dienone is 7. The van der Waals surface area contributed by atoms with Gasteiger partial charge in [-0.15, -0.1) is 0 Å². The van der Waals surface area contributed by atoms with Crippen molar-refractivity contribution in [1.29, 1.82) is 0 Å². The van der Waals surface area contributed by atoms with Crippen LogP contribution < -0.4 is 0 Å². The Morgan fingerprint density at radius 1 is 1.42 bits per heavy atom. The minimum atomic E-state index is 0.106. The molecule has 1 saturated carbocycles. The van der Waals surface area contributed by atoms with E-state index in [0.29, 0.717) is 17.8 Å². The molecule has 0 spiro atoms. The Kier molecular flexibility index (Phi) is 5.20. The van der Waals surface area contributed by atoms with Crippen molar-refractivity contribution in [1.82, 2.24) is 0 Å². The number of carbonyl (C=O) groups is 1. The number of thiophene rings is 1. The number of carbonyl (C=O) groups excluding carboxylic acids is 1. The molecule has 3 rings (SSSR count). The fraction of sp³-hybridized carbons (Fsp3) is 0.381. The van der Waals surface area contributed by atoms with Gasteiger partial charge in [0.25, 0.3) is 0 Å². The van der Waals surface area contributed by atoms with Crippen LogP contribution in [0.2, 0.25) is 0 Å². The van der Waals surface area contributed by atoms with E-state index in [1.54, 1.807) is 17.4 Å². The van der Waals surface area contributed by atoms with E-state index in [1.807, 2.05) is 13.0 Å². The SMILES string of the molecule is C=C/C=C(/C)C/C(=C\Cc1ccsc1)C1=C(O)C2CCC(C2)C1=O. The largest absolute Gasteiger partial charge is 0.511 e. The van der Waals surface area contributed by atoms with Crippen molar-refractivity contribution in [3.8, 4) is 0 Å². The molecule has 1 N–H and O–H groups in total. The molecule has 0 radical (unpaired) electrons. The normalized spacial score (nSPS) is 24.6. The molecule has 2 nitrogen and oxygen atoms in total. The molecule has 0 aliphatic heterocycles. The Morgan fingerprint density at radius 2 is 2.21 bits per heavy atom. The second kappa shape index (κ2) is 7.35. The zero-order valence-corrected chi connectivity index (χ0v) is 14.9. The average Bonchev–Trinajstić information content (AvgIpc) is 3.22. The highest BCUT2D eigenvalue weighted by molar-refractivity contribution is 7.07. The second-order valence-corrected chi connectivity index (χ2v) is 7.60. The van der Waals surface area contributed by atoms with Crippen molar-refractivity contribution >= 4 is 17.1 Å². The molecule has 3 heteroatoms. The van der Waals surface area contributed by atoms with Crippen molar-refractivity contribution < 1.29 is 9.90 Å². The summed E-state index contributed by atoms with van der Waals surface area (Å²) in [5.74, 6) is 0.756. The van der Waals surface area contributed by atoms with E-state index in [0.717, 1.165) is 36.8 Å². The van der Waals surface area contributed by atoms with Gasteiger partial charge in [0.2, 0.25) is 0 Å². The maximum Gasteiger partial charge on any atom is 0.169 e. The topological polar surface area (TPSA) is 37.3 Å². The van der Waals surface area contributed by atoms with E-state index in [1.165, 1.54) is 5.56 Å². The number of hydrogen-bond acceptors (Lipinski definition) is 3. The monoisotopic (exact) mass is 340 g/mol. The Morgan fingerprint density at radius 3 is 2.92 bits per heavy atom. The molecule has 2 bridgehead atoms. The maximum atomic E-state index is 12.8. The Labute approximate surface area is 147 Å². The summed E-state index contributed by atoms with van der Waals surface area (Å²) >= 11 is 1.68. The third kappa shape index (κ3) is 3.46. The van der Waals surface area contributed by atoms with Gasteiger partial charge in [0.05, 0.1) is 5.57 Å². The van der Waals surface area contributed by atoms with Gasteiger partial charge in [-0.3, -0.25) is 4.79 Å². The van der Waals surface area contributed by atoms with Crippen molar-refractivity contribution in [3.05, 3.63) is 69.7 Å². The van der Waals surface area contributed by atoms with Crippen LogP contribution in [0, 0.1) is 11.8 Å². The van der Waals surface area contributed by atoms with Gasteiger partial charge in [-0.2, -0.15) is 11.3 Å². The van der Waals surface area contributed by atoms with Crippen LogP contribution in [0.25, 0.3) is 0 Å². The van der Waals surface area contributed by atoms with Gasteiger partial charge in [0, 0.05) is 11.8 Å². The molecule has 0 saturated heterocycles. The van der Waals surface area contributed by atoms with E-state index < -0.39 is 0 Å². The predicted octanol–water partition coefficient (Wildman–Crippen LogP) is 5.55. The standard InChI is InChI=1S/C21H24O2S/c1-3-4-14(2)11-16(6-5-15-9-10-24-13-15)19-20(22)17-7-8-18(12-17)21(19)23/h3-4,6,9-10,13,17-18,22H,1,5,7-8,11-12H2,2H3/b14-4-,16-6+. The van der Waals surface area contributed by atoms with Gasteiger partial charge in [0.1, 0.15) is 5.76 Å². The highest BCUT2D eigenvalue weighted by Gasteiger charge is 2.41. The summed E-state index contributed by atoms with van der Waals surface area (Å²) < 4.78 is 0. The lowest BCUT2D eigenvalue weighted by molar-refractivity contribution is -0.119. The number of hydrogen-bond donors (Lipinski definition) is 1. The van der Waals surface area contributed by atoms with Gasteiger partial charge in [-0.25, -0.2) is 0 Å². The molecule has 1 aromatic rings. The van der Waals surface area contributed by atoms with E-state index in [9.17, 15) is 9.90 Å². The molecular weight excluding hydrogens is 316 g/mol. The summed E-state index contributed by atoms with van der Waals surface area (Å²) in [5, 5.41) is 14.9. The average molecular weight is 340 g/mol. The minimum Gasteiger partial charge on any atom is -0.511 e. The Balaban J connectivity index is 1.95. The fourth-order valence-corrected chi connectivity index (χ4v) is 4.48. The molecule has 0 amide bonds. The summed E-state index contributed by atoms with van der Waals surface area (Å²) in [6.45, 7) is 5.79. The molecule has 126 valence electrons. The molecule has 2 aliphatic carbocycles. The number of aliphatic hydroxyl groups excluding tert-OH is 1. The van der Waals surface area contributed by atoms with Crippen LogP contribution in [-0.4, -0.2) is 10.9 Å². The van der Waals surface area contributed by atoms with Crippen molar-refractivity contribution in [2.45, 2.75) is 39.0 Å². The summed E-state index contributed by atoms with van der Waals surface area (Å²) in [5.41, 5.74) is 3.96. The molecule has 2 unspecified atom stereocenters. The lowest BCUT2D eigenvalue weighted by Gasteiger charge is -2.23. The number of aliphatic hydroxyl groups is 1. The highest BCUT2D eigenvalue weighted by Crippen LogP contribution is 2.45. The zero-order valence-electron chi connectivity index (χ0n) is 14.1. The predicted molar refractivity (Wildman–Crippen MR) is 100 cm³/mol. The molecule has 2 atom stereocenters. The van der Waals surface area contributed by atoms with E-state index in [4.69, 9.17) is 0 Å². The van der Waals surface area contributed by atoms with Crippen LogP contribution in [0.3, 0.4) is 0 Å². The smallest absolute Gasteiger partial charge is 0.169 e. The lowest BCUT2D eigenvalue weighted by Crippen LogP contribution is -2.23. The Hall–Kier alpha value is -1.87. The van der Waals surface area contributed by atoms with Gasteiger partial charge in [-0.1, -0.05) is 30.4 Å². The van der Waals surface area contributed by atoms with Crippen LogP contribution in [0.15, 0.2) is 64.1 Å². The molecule has 1 fully saturated rings. The maximum absolute atomic E-state index is 12.8. The molecule has 1 heterocycles. The molecule has 0 aromatic carbocycles. The number of fused-ring (bicyclic) bond motifs is 2. The first-order valence-electron chi connectivity index (χ1n) is 8.56. The van der Waals surface area contributed by atoms with E-state index in [2.05, 4.69) is 29.5 Å². The van der Waals surface area contributed by atoms with Crippen molar-refractivity contribution in [2.75, 3.05) is 0 Å². The summed E-state index contributed by atoms with van der Waals surface area (Å²) in [7, 11) is 0. The first kappa shape index (κ1) is 17.0. The first-order chi connectivity index (χ1) is 11.6. The number of Topliss-reactive ketones (excluding diaryl/α,β-unsaturated/α-hetero) is 1. The molecule has 1 aromatic heterocycles. The number of rotatable bonds is 6. The lowest BCUT2D eigenvalue weighted by atomic mass is 9.81. The number of ketones is 1. The first-order valence-corrected chi connectivity index (χ1v) is 9.50. The van der Waals surface area contributed by atoms with Crippen LogP contribution in [0.1, 0.15) is 38.2 Å². The van der Waals surface area contributed by atoms with E-state index in [-0.39, 0.29) is 17.6 Å². The van der Waals surface area contributed by atoms with Crippen LogP contribution in [0.5, 0.6) is 0 Å². The van der Waals surface area contributed by atoms with Crippen LogP contribution in [-0.2, 0) is 11.2 Å². The van der Waals surface area contributed by atoms with Crippen LogP contribution in [0.4, 0.5) is 0 Å². The quantitative estimate of drug-likeness (QED) is 0.689. The third-order valence-corrected chi connectivity index (χ3v) is 5.78. The highest BCUT2D eigenvalue weighted by atomic mass is 32.1. The van der Waals surface area contributed by atoms with Crippen molar-refractivity contribution in [3.63, 3.8) is 0 Å². The van der Waals surface area contributed by atoms with Gasteiger partial charge < -0.3 is 5.11 Å². The minimum absolute atomic E-state index is 0.106. The van der Waals surface area contributed by atoms with Crippen LogP contribution >= 0.6 is 11.3 Å². The molecular formula is C21H24O2S. The third-order valence-electron chi connectivity index (χ3n) is 5.05. The summed E-state index contributed by atoms with van der Waals surface area (Å²) in [6.07, 6.45) is 10.0. The summed E-state index contributed by atoms with van der Waals surface area (Å²) in [6, 6.07) is 2.10. The zero-order chi connectivity index (χ0) is 17.1. The van der Waals surface area contributed by atoms with Gasteiger partial charge in [0.15, 0.2) is 5.78 Å². The molecule has 24 heavy (non-hydrogen) atoms. The van der Waals surface area contributed by atoms with Gasteiger partial charge >= 0.3 is 0 Å². The van der Waals surface area contributed by atoms with E-state index >= 15 is 0 Å². The van der Waals surface area contributed by atoms with Crippen molar-refractivity contribution in [2.24, 2.45) is 11.8 Å². The second-order valence-electron chi connectivity index (χ2n) is 6.82. The fourth-order valence-electron chi connectivity index (χ4n) is 3.80. The Bertz CT molecular complexity index is 719. The molecule has 2 aliphatic rings. The van der Waals surface area contributed by atoms with Gasteiger partial charge in [-0.05, 0) is 67.0 Å². The summed E-state index contributed by atoms with van der Waals surface area (Å²) in [4.78, 5) is 12.8.